The Morgan fingerprint density at radius 1 is 1.13 bits per heavy atom. The third kappa shape index (κ3) is 1.96. The van der Waals surface area contributed by atoms with Crippen LogP contribution < -0.4 is 0 Å². The zero-order chi connectivity index (χ0) is 16.6. The fourth-order valence-electron chi connectivity index (χ4n) is 6.84. The fourth-order valence-corrected chi connectivity index (χ4v) is 6.84. The first-order valence-corrected chi connectivity index (χ1v) is 9.20. The second-order valence-corrected chi connectivity index (χ2v) is 9.28. The van der Waals surface area contributed by atoms with E-state index in [2.05, 4.69) is 33.8 Å². The summed E-state index contributed by atoms with van der Waals surface area (Å²) in [7, 11) is 0. The molecule has 0 bridgehead atoms. The predicted molar refractivity (Wildman–Crippen MR) is 89.0 cm³/mol. The summed E-state index contributed by atoms with van der Waals surface area (Å²) in [6.45, 7) is 9.11. The molecule has 2 saturated carbocycles. The third-order valence-electron chi connectivity index (χ3n) is 7.74. The summed E-state index contributed by atoms with van der Waals surface area (Å²) in [5, 5.41) is 22.1. The maximum Gasteiger partial charge on any atom is 0.107 e. The normalized spacial score (nSPS) is 48.3. The van der Waals surface area contributed by atoms with E-state index in [1.807, 2.05) is 0 Å². The summed E-state index contributed by atoms with van der Waals surface area (Å²) in [5.74, 6) is 2.02. The predicted octanol–water partition coefficient (Wildman–Crippen LogP) is 3.74. The van der Waals surface area contributed by atoms with Crippen LogP contribution in [0.1, 0.15) is 64.2 Å². The van der Waals surface area contributed by atoms with Crippen molar-refractivity contribution in [2.75, 3.05) is 0 Å². The van der Waals surface area contributed by atoms with E-state index in [1.54, 1.807) is 6.26 Å². The first-order chi connectivity index (χ1) is 10.8. The van der Waals surface area contributed by atoms with Crippen molar-refractivity contribution in [2.24, 2.45) is 28.6 Å². The summed E-state index contributed by atoms with van der Waals surface area (Å²) in [4.78, 5) is 0. The molecule has 0 amide bonds. The highest BCUT2D eigenvalue weighted by molar-refractivity contribution is 5.30. The van der Waals surface area contributed by atoms with Crippen molar-refractivity contribution in [3.63, 3.8) is 0 Å². The van der Waals surface area contributed by atoms with E-state index in [9.17, 15) is 10.2 Å². The van der Waals surface area contributed by atoms with Crippen LogP contribution in [0.4, 0.5) is 0 Å². The minimum Gasteiger partial charge on any atom is -0.469 e. The zero-order valence-corrected chi connectivity index (χ0v) is 14.7. The monoisotopic (exact) mass is 318 g/mol. The van der Waals surface area contributed by atoms with E-state index in [1.165, 1.54) is 12.0 Å². The van der Waals surface area contributed by atoms with Crippen molar-refractivity contribution in [1.82, 2.24) is 0 Å². The standard InChI is InChI=1S/C20H30O3/c1-11-12-6-9-23-14(12)10-13-15(11)16(21)17(22)18-19(2,3)7-5-8-20(13,18)4/h6,9,11,13,15-18,21-22H,5,7-8,10H2,1-4H3/t11-,13-,15-,16-,17-,18-,20+/m0/s1. The Morgan fingerprint density at radius 2 is 1.87 bits per heavy atom. The van der Waals surface area contributed by atoms with Crippen molar-refractivity contribution in [3.8, 4) is 0 Å². The molecule has 4 rings (SSSR count). The fraction of sp³-hybridized carbons (Fsp3) is 0.800. The van der Waals surface area contributed by atoms with E-state index >= 15 is 0 Å². The number of hydrogen-bond acceptors (Lipinski definition) is 3. The largest absolute Gasteiger partial charge is 0.469 e. The maximum absolute atomic E-state index is 11.1. The molecular formula is C20H30O3. The minimum atomic E-state index is -0.631. The lowest BCUT2D eigenvalue weighted by molar-refractivity contribution is -0.216. The van der Waals surface area contributed by atoms with Crippen LogP contribution in [-0.2, 0) is 6.42 Å². The van der Waals surface area contributed by atoms with Crippen molar-refractivity contribution in [3.05, 3.63) is 23.7 Å². The number of fused-ring (bicyclic) bond motifs is 4. The van der Waals surface area contributed by atoms with Gasteiger partial charge in [-0.3, -0.25) is 0 Å². The van der Waals surface area contributed by atoms with Crippen LogP contribution in [-0.4, -0.2) is 22.4 Å². The van der Waals surface area contributed by atoms with Gasteiger partial charge in [0.1, 0.15) is 5.76 Å². The maximum atomic E-state index is 11.1. The lowest BCUT2D eigenvalue weighted by Gasteiger charge is -2.64. The van der Waals surface area contributed by atoms with Gasteiger partial charge in [0, 0.05) is 6.42 Å². The Hall–Kier alpha value is -0.800. The van der Waals surface area contributed by atoms with Gasteiger partial charge < -0.3 is 14.6 Å². The molecule has 0 aromatic carbocycles. The van der Waals surface area contributed by atoms with Crippen LogP contribution >= 0.6 is 0 Å². The van der Waals surface area contributed by atoms with Gasteiger partial charge in [0.2, 0.25) is 0 Å². The van der Waals surface area contributed by atoms with E-state index in [-0.39, 0.29) is 28.6 Å². The molecule has 128 valence electrons. The van der Waals surface area contributed by atoms with Crippen molar-refractivity contribution in [2.45, 2.75) is 71.5 Å². The van der Waals surface area contributed by atoms with Crippen LogP contribution in [0.25, 0.3) is 0 Å². The van der Waals surface area contributed by atoms with E-state index in [4.69, 9.17) is 4.42 Å². The lowest BCUT2D eigenvalue weighted by atomic mass is 9.42. The number of aliphatic hydroxyl groups excluding tert-OH is 2. The summed E-state index contributed by atoms with van der Waals surface area (Å²) in [6, 6.07) is 2.05. The quantitative estimate of drug-likeness (QED) is 0.766. The highest BCUT2D eigenvalue weighted by Crippen LogP contribution is 2.64. The van der Waals surface area contributed by atoms with Gasteiger partial charge in [-0.2, -0.15) is 0 Å². The number of rotatable bonds is 0. The molecule has 1 aromatic rings. The number of hydrogen-bond donors (Lipinski definition) is 2. The first kappa shape index (κ1) is 15.7. The van der Waals surface area contributed by atoms with Gasteiger partial charge in [0.25, 0.3) is 0 Å². The van der Waals surface area contributed by atoms with Gasteiger partial charge in [-0.1, -0.05) is 34.1 Å². The molecule has 0 spiro atoms. The Labute approximate surface area is 139 Å². The highest BCUT2D eigenvalue weighted by Gasteiger charge is 2.63. The molecule has 0 unspecified atom stereocenters. The molecule has 3 aliphatic carbocycles. The molecule has 2 fully saturated rings. The van der Waals surface area contributed by atoms with Crippen LogP contribution in [0.5, 0.6) is 0 Å². The molecule has 1 heterocycles. The van der Waals surface area contributed by atoms with Gasteiger partial charge in [-0.15, -0.1) is 0 Å². The molecule has 0 radical (unpaired) electrons. The first-order valence-electron chi connectivity index (χ1n) is 9.20. The van der Waals surface area contributed by atoms with E-state index in [0.29, 0.717) is 5.92 Å². The van der Waals surface area contributed by atoms with Gasteiger partial charge in [-0.25, -0.2) is 0 Å². The molecule has 0 aliphatic heterocycles. The van der Waals surface area contributed by atoms with Crippen LogP contribution in [0.2, 0.25) is 0 Å². The summed E-state index contributed by atoms with van der Waals surface area (Å²) in [5.41, 5.74) is 1.38. The van der Waals surface area contributed by atoms with Crippen LogP contribution in [0.15, 0.2) is 16.7 Å². The van der Waals surface area contributed by atoms with Gasteiger partial charge >= 0.3 is 0 Å². The van der Waals surface area contributed by atoms with Crippen LogP contribution in [0, 0.1) is 28.6 Å². The SMILES string of the molecule is C[C@H]1c2ccoc2C[C@H]2[C@H]1[C@H](O)[C@H](O)[C@H]1C(C)(C)CCC[C@]21C. The minimum absolute atomic E-state index is 0.0732. The highest BCUT2D eigenvalue weighted by atomic mass is 16.3. The summed E-state index contributed by atoms with van der Waals surface area (Å²) in [6.07, 6.45) is 4.94. The molecule has 3 nitrogen and oxygen atoms in total. The molecule has 0 saturated heterocycles. The second-order valence-electron chi connectivity index (χ2n) is 9.28. The molecule has 3 heteroatoms. The van der Waals surface area contributed by atoms with E-state index in [0.717, 1.165) is 25.0 Å². The topological polar surface area (TPSA) is 53.6 Å². The third-order valence-corrected chi connectivity index (χ3v) is 7.74. The van der Waals surface area contributed by atoms with Crippen LogP contribution in [0.3, 0.4) is 0 Å². The Morgan fingerprint density at radius 3 is 2.61 bits per heavy atom. The lowest BCUT2D eigenvalue weighted by Crippen LogP contribution is -2.64. The van der Waals surface area contributed by atoms with E-state index < -0.39 is 12.2 Å². The Bertz CT molecular complexity index is 604. The average molecular weight is 318 g/mol. The number of furan rings is 1. The van der Waals surface area contributed by atoms with Gasteiger partial charge in [-0.05, 0) is 59.0 Å². The Kier molecular flexibility index (Phi) is 3.32. The summed E-state index contributed by atoms with van der Waals surface area (Å²) < 4.78 is 5.77. The smallest absolute Gasteiger partial charge is 0.107 e. The van der Waals surface area contributed by atoms with Gasteiger partial charge in [0.05, 0.1) is 18.5 Å². The van der Waals surface area contributed by atoms with Crippen molar-refractivity contribution >= 4 is 0 Å². The summed E-state index contributed by atoms with van der Waals surface area (Å²) >= 11 is 0. The van der Waals surface area contributed by atoms with Gasteiger partial charge in [0.15, 0.2) is 0 Å². The molecule has 7 atom stereocenters. The molecule has 2 N–H and O–H groups in total. The average Bonchev–Trinajstić information content (AvgIpc) is 2.93. The van der Waals surface area contributed by atoms with Crippen molar-refractivity contribution in [1.29, 1.82) is 0 Å². The molecule has 3 aliphatic rings. The van der Waals surface area contributed by atoms with Crippen molar-refractivity contribution < 1.29 is 14.6 Å². The number of aliphatic hydroxyl groups is 2. The molecule has 1 aromatic heterocycles. The zero-order valence-electron chi connectivity index (χ0n) is 14.7. The second kappa shape index (κ2) is 4.86. The molecule has 23 heavy (non-hydrogen) atoms. The Balaban J connectivity index is 1.83. The molecular weight excluding hydrogens is 288 g/mol.